The van der Waals surface area contributed by atoms with Crippen molar-refractivity contribution in [2.75, 3.05) is 0 Å². The molecule has 10 heteroatoms. The van der Waals surface area contributed by atoms with Crippen molar-refractivity contribution in [2.24, 2.45) is 0 Å². The molecule has 3 atom stereocenters. The van der Waals surface area contributed by atoms with Crippen LogP contribution in [0.2, 0.25) is 0 Å². The average molecular weight is 491 g/mol. The monoisotopic (exact) mass is 490 g/mol. The second-order valence-electron chi connectivity index (χ2n) is 8.55. The van der Waals surface area contributed by atoms with E-state index in [0.29, 0.717) is 5.56 Å². The van der Waals surface area contributed by atoms with E-state index in [1.165, 1.54) is 32.0 Å². The number of carbonyl (C=O) groups is 3. The van der Waals surface area contributed by atoms with Crippen molar-refractivity contribution in [3.8, 4) is 23.0 Å². The summed E-state index contributed by atoms with van der Waals surface area (Å²) < 4.78 is 10.6. The highest BCUT2D eigenvalue weighted by Gasteiger charge is 2.24. The lowest BCUT2D eigenvalue weighted by atomic mass is 9.98. The van der Waals surface area contributed by atoms with Gasteiger partial charge in [0.1, 0.15) is 46.6 Å². The molecule has 190 valence electrons. The number of benzene rings is 2. The van der Waals surface area contributed by atoms with Gasteiger partial charge in [0, 0.05) is 31.4 Å². The molecule has 0 bridgehead atoms. The minimum atomic E-state index is -0.995. The number of hydrogen-bond acceptors (Lipinski definition) is 10. The average Bonchev–Trinajstić information content (AvgIpc) is 2.64. The standard InChI is InChI=1S/C25H30O10/c1-13(26)4-18(27)9-17-10-21(30)12-22(31)24(17)25(33)35-15(3)6-23(32)34-14(2)5-16-7-19(28)11-20(29)8-16/h7-8,10-15,26,28-31H,4-6,9H2,1-3H3/t13-,14-,15-/m1/s1. The summed E-state index contributed by atoms with van der Waals surface area (Å²) in [6.07, 6.45) is -3.00. The topological polar surface area (TPSA) is 171 Å². The smallest absolute Gasteiger partial charge is 0.342 e. The van der Waals surface area contributed by atoms with Crippen molar-refractivity contribution < 1.29 is 49.4 Å². The Morgan fingerprint density at radius 2 is 1.40 bits per heavy atom. The van der Waals surface area contributed by atoms with Gasteiger partial charge in [0.2, 0.25) is 0 Å². The molecule has 0 saturated carbocycles. The Balaban J connectivity index is 2.00. The fourth-order valence-corrected chi connectivity index (χ4v) is 3.60. The fourth-order valence-electron chi connectivity index (χ4n) is 3.60. The number of aromatic hydroxyl groups is 4. The molecule has 0 radical (unpaired) electrons. The third kappa shape index (κ3) is 8.82. The number of Topliss-reactive ketones (excluding diaryl/α,β-unsaturated/α-hetero) is 1. The van der Waals surface area contributed by atoms with Crippen molar-refractivity contribution in [1.82, 2.24) is 0 Å². The predicted molar refractivity (Wildman–Crippen MR) is 123 cm³/mol. The first-order chi connectivity index (χ1) is 16.3. The first-order valence-electron chi connectivity index (χ1n) is 11.0. The van der Waals surface area contributed by atoms with Gasteiger partial charge in [0.25, 0.3) is 0 Å². The van der Waals surface area contributed by atoms with Gasteiger partial charge in [-0.25, -0.2) is 4.79 Å². The molecule has 2 aromatic carbocycles. The molecule has 2 rings (SSSR count). The summed E-state index contributed by atoms with van der Waals surface area (Å²) in [5, 5.41) is 48.4. The zero-order valence-electron chi connectivity index (χ0n) is 19.7. The number of rotatable bonds is 11. The molecule has 5 N–H and O–H groups in total. The maximum atomic E-state index is 12.7. The Kier molecular flexibility index (Phi) is 9.47. The predicted octanol–water partition coefficient (Wildman–Crippen LogP) is 2.50. The highest BCUT2D eigenvalue weighted by molar-refractivity contribution is 5.96. The summed E-state index contributed by atoms with van der Waals surface area (Å²) in [7, 11) is 0. The summed E-state index contributed by atoms with van der Waals surface area (Å²) in [4.78, 5) is 37.1. The Morgan fingerprint density at radius 1 is 0.800 bits per heavy atom. The van der Waals surface area contributed by atoms with Crippen LogP contribution in [0.4, 0.5) is 0 Å². The van der Waals surface area contributed by atoms with Gasteiger partial charge in [0.15, 0.2) is 0 Å². The zero-order chi connectivity index (χ0) is 26.3. The minimum Gasteiger partial charge on any atom is -0.508 e. The maximum Gasteiger partial charge on any atom is 0.342 e. The largest absolute Gasteiger partial charge is 0.508 e. The molecule has 0 aliphatic heterocycles. The lowest BCUT2D eigenvalue weighted by Gasteiger charge is -2.18. The van der Waals surface area contributed by atoms with Crippen LogP contribution >= 0.6 is 0 Å². The fraction of sp³-hybridized carbons (Fsp3) is 0.400. The van der Waals surface area contributed by atoms with Crippen LogP contribution in [0.15, 0.2) is 30.3 Å². The van der Waals surface area contributed by atoms with Crippen molar-refractivity contribution in [1.29, 1.82) is 0 Å². The van der Waals surface area contributed by atoms with E-state index in [1.807, 2.05) is 0 Å². The Morgan fingerprint density at radius 3 is 2.00 bits per heavy atom. The highest BCUT2D eigenvalue weighted by atomic mass is 16.6. The quantitative estimate of drug-likeness (QED) is 0.295. The normalized spacial score (nSPS) is 13.5. The van der Waals surface area contributed by atoms with Crippen LogP contribution in [0.1, 0.15) is 55.1 Å². The summed E-state index contributed by atoms with van der Waals surface area (Å²) in [6.45, 7) is 4.51. The molecular weight excluding hydrogens is 460 g/mol. The number of carbonyl (C=O) groups excluding carboxylic acids is 3. The Bertz CT molecular complexity index is 1060. The van der Waals surface area contributed by atoms with Crippen LogP contribution in [-0.4, -0.2) is 61.6 Å². The number of aliphatic hydroxyl groups is 1. The van der Waals surface area contributed by atoms with Gasteiger partial charge in [-0.05, 0) is 50.1 Å². The van der Waals surface area contributed by atoms with Crippen LogP contribution in [-0.2, 0) is 31.9 Å². The van der Waals surface area contributed by atoms with Crippen LogP contribution in [0.3, 0.4) is 0 Å². The van der Waals surface area contributed by atoms with Gasteiger partial charge < -0.3 is 35.0 Å². The number of hydrogen-bond donors (Lipinski definition) is 5. The maximum absolute atomic E-state index is 12.7. The highest BCUT2D eigenvalue weighted by Crippen LogP contribution is 2.29. The number of phenolic OH excluding ortho intramolecular Hbond substituents is 4. The summed E-state index contributed by atoms with van der Waals surface area (Å²) in [5.74, 6) is -3.26. The van der Waals surface area contributed by atoms with Gasteiger partial charge in [-0.3, -0.25) is 9.59 Å². The molecule has 0 spiro atoms. The third-order valence-corrected chi connectivity index (χ3v) is 4.88. The molecule has 0 saturated heterocycles. The number of esters is 2. The molecule has 0 aliphatic rings. The second kappa shape index (κ2) is 12.1. The molecule has 0 heterocycles. The van der Waals surface area contributed by atoms with Gasteiger partial charge in [-0.2, -0.15) is 0 Å². The molecule has 35 heavy (non-hydrogen) atoms. The number of ether oxygens (including phenoxy) is 2. The molecule has 0 fully saturated rings. The van der Waals surface area contributed by atoms with Gasteiger partial charge in [-0.15, -0.1) is 0 Å². The van der Waals surface area contributed by atoms with Crippen LogP contribution < -0.4 is 0 Å². The number of phenols is 4. The van der Waals surface area contributed by atoms with E-state index in [2.05, 4.69) is 0 Å². The van der Waals surface area contributed by atoms with E-state index < -0.39 is 41.8 Å². The van der Waals surface area contributed by atoms with Crippen LogP contribution in [0, 0.1) is 0 Å². The van der Waals surface area contributed by atoms with Gasteiger partial charge in [0.05, 0.1) is 12.5 Å². The second-order valence-corrected chi connectivity index (χ2v) is 8.55. The molecule has 0 aromatic heterocycles. The summed E-state index contributed by atoms with van der Waals surface area (Å²) in [6, 6.07) is 6.12. The lowest BCUT2D eigenvalue weighted by Crippen LogP contribution is -2.24. The third-order valence-electron chi connectivity index (χ3n) is 4.88. The lowest BCUT2D eigenvalue weighted by molar-refractivity contribution is -0.150. The van der Waals surface area contributed by atoms with E-state index in [-0.39, 0.29) is 54.1 Å². The first-order valence-corrected chi connectivity index (χ1v) is 11.0. The van der Waals surface area contributed by atoms with Gasteiger partial charge >= 0.3 is 11.9 Å². The summed E-state index contributed by atoms with van der Waals surface area (Å²) in [5.41, 5.74) is 0.262. The van der Waals surface area contributed by atoms with E-state index in [0.717, 1.165) is 12.1 Å². The van der Waals surface area contributed by atoms with Crippen LogP contribution in [0.5, 0.6) is 23.0 Å². The molecule has 0 amide bonds. The van der Waals surface area contributed by atoms with Crippen molar-refractivity contribution in [3.05, 3.63) is 47.0 Å². The molecular formula is C25H30O10. The molecule has 0 aliphatic carbocycles. The van der Waals surface area contributed by atoms with Crippen molar-refractivity contribution in [2.45, 2.75) is 64.8 Å². The molecule has 10 nitrogen and oxygen atoms in total. The number of ketones is 1. The van der Waals surface area contributed by atoms with E-state index in [9.17, 15) is 39.9 Å². The zero-order valence-corrected chi connectivity index (χ0v) is 19.7. The Hall–Kier alpha value is -3.79. The van der Waals surface area contributed by atoms with Crippen LogP contribution in [0.25, 0.3) is 0 Å². The van der Waals surface area contributed by atoms with Gasteiger partial charge in [-0.1, -0.05) is 0 Å². The van der Waals surface area contributed by atoms with E-state index in [4.69, 9.17) is 9.47 Å². The van der Waals surface area contributed by atoms with E-state index >= 15 is 0 Å². The van der Waals surface area contributed by atoms with E-state index in [1.54, 1.807) is 6.92 Å². The summed E-state index contributed by atoms with van der Waals surface area (Å²) >= 11 is 0. The van der Waals surface area contributed by atoms with Crippen molar-refractivity contribution in [3.63, 3.8) is 0 Å². The minimum absolute atomic E-state index is 0.0240. The Labute approximate surface area is 202 Å². The van der Waals surface area contributed by atoms with Crippen molar-refractivity contribution >= 4 is 17.7 Å². The molecule has 0 unspecified atom stereocenters. The first kappa shape index (κ1) is 27.5. The number of aliphatic hydroxyl groups excluding tert-OH is 1. The molecule has 2 aromatic rings. The SMILES string of the molecule is C[C@H](Cc1cc(O)cc(O)c1)OC(=O)C[C@@H](C)OC(=O)c1c(O)cc(O)cc1CC(=O)C[C@@H](C)O.